The number of likely N-dealkylation sites (N-methyl/N-ethyl adjacent to an activating group) is 1. The number of rotatable bonds is 6. The number of amides is 1. The van der Waals surface area contributed by atoms with E-state index in [4.69, 9.17) is 10.7 Å². The van der Waals surface area contributed by atoms with Crippen molar-refractivity contribution in [2.24, 2.45) is 22.6 Å². The van der Waals surface area contributed by atoms with Crippen LogP contribution in [0.15, 0.2) is 4.99 Å². The van der Waals surface area contributed by atoms with Crippen LogP contribution >= 0.6 is 0 Å². The molecule has 3 atom stereocenters. The van der Waals surface area contributed by atoms with Gasteiger partial charge in [0.2, 0.25) is 0 Å². The summed E-state index contributed by atoms with van der Waals surface area (Å²) < 4.78 is 0. The number of hydrogen-bond acceptors (Lipinski definition) is 4. The van der Waals surface area contributed by atoms with E-state index in [9.17, 15) is 4.79 Å². The predicted molar refractivity (Wildman–Crippen MR) is 114 cm³/mol. The summed E-state index contributed by atoms with van der Waals surface area (Å²) in [5.41, 5.74) is 5.56. The van der Waals surface area contributed by atoms with Gasteiger partial charge in [-0.3, -0.25) is 9.69 Å². The lowest BCUT2D eigenvalue weighted by Crippen LogP contribution is -2.45. The molecule has 0 unspecified atom stereocenters. The molecule has 2 saturated carbocycles. The van der Waals surface area contributed by atoms with Gasteiger partial charge in [-0.1, -0.05) is 44.9 Å². The zero-order chi connectivity index (χ0) is 19.6. The maximum absolute atomic E-state index is 13.2. The van der Waals surface area contributed by atoms with Gasteiger partial charge < -0.3 is 10.6 Å². The molecule has 0 bridgehead atoms. The van der Waals surface area contributed by atoms with E-state index in [1.807, 2.05) is 0 Å². The molecule has 28 heavy (non-hydrogen) atoms. The quantitative estimate of drug-likeness (QED) is 0.750. The van der Waals surface area contributed by atoms with Crippen molar-refractivity contribution in [2.45, 2.75) is 101 Å². The van der Waals surface area contributed by atoms with E-state index in [0.717, 1.165) is 31.2 Å². The lowest BCUT2D eigenvalue weighted by atomic mass is 9.74. The molecule has 0 aromatic carbocycles. The van der Waals surface area contributed by atoms with Crippen LogP contribution < -0.4 is 5.73 Å². The standard InChI is InChI=1S/C23H40N4O/c1-26-21(28)23(25-22(26)24,13-12-18-8-3-2-4-9-18)17-19-10-7-11-20(16-19)27-14-5-6-15-27/h18-20H,2-17H2,1H3,(H2,24,25)/t19-,20+,23-/m1/s1. The molecular formula is C23H40N4O. The lowest BCUT2D eigenvalue weighted by Gasteiger charge is -2.38. The fraction of sp³-hybridized carbons (Fsp3) is 0.913. The van der Waals surface area contributed by atoms with Crippen LogP contribution in [-0.2, 0) is 4.79 Å². The van der Waals surface area contributed by atoms with Crippen molar-refractivity contribution >= 4 is 11.9 Å². The van der Waals surface area contributed by atoms with Crippen LogP contribution in [0.25, 0.3) is 0 Å². The monoisotopic (exact) mass is 388 g/mol. The van der Waals surface area contributed by atoms with Crippen molar-refractivity contribution in [3.05, 3.63) is 0 Å². The lowest BCUT2D eigenvalue weighted by molar-refractivity contribution is -0.131. The molecule has 3 fully saturated rings. The first-order chi connectivity index (χ1) is 13.6. The molecule has 5 heteroatoms. The Morgan fingerprint density at radius 2 is 1.71 bits per heavy atom. The summed E-state index contributed by atoms with van der Waals surface area (Å²) in [4.78, 5) is 22.4. The van der Waals surface area contributed by atoms with Gasteiger partial charge in [-0.25, -0.2) is 4.99 Å². The summed E-state index contributed by atoms with van der Waals surface area (Å²) in [6.07, 6.45) is 17.6. The van der Waals surface area contributed by atoms with Crippen molar-refractivity contribution < 1.29 is 4.79 Å². The number of guanidine groups is 1. The molecule has 2 aliphatic heterocycles. The number of carbonyl (C=O) groups excluding carboxylic acids is 1. The predicted octanol–water partition coefficient (Wildman–Crippen LogP) is 3.92. The first kappa shape index (κ1) is 20.2. The first-order valence-electron chi connectivity index (χ1n) is 11.9. The van der Waals surface area contributed by atoms with Gasteiger partial charge in [-0.2, -0.15) is 0 Å². The highest BCUT2D eigenvalue weighted by atomic mass is 16.2. The molecule has 0 aromatic heterocycles. The van der Waals surface area contributed by atoms with Crippen LogP contribution in [0, 0.1) is 11.8 Å². The summed E-state index contributed by atoms with van der Waals surface area (Å²) >= 11 is 0. The molecule has 4 rings (SSSR count). The van der Waals surface area contributed by atoms with Gasteiger partial charge in [0.05, 0.1) is 0 Å². The Kier molecular flexibility index (Phi) is 6.29. The summed E-state index contributed by atoms with van der Waals surface area (Å²) in [6, 6.07) is 0.729. The third kappa shape index (κ3) is 4.24. The Morgan fingerprint density at radius 1 is 1.00 bits per heavy atom. The minimum absolute atomic E-state index is 0.157. The molecule has 2 aliphatic carbocycles. The second kappa shape index (κ2) is 8.73. The fourth-order valence-electron chi connectivity index (χ4n) is 6.44. The fourth-order valence-corrected chi connectivity index (χ4v) is 6.44. The highest BCUT2D eigenvalue weighted by Crippen LogP contribution is 2.41. The Morgan fingerprint density at radius 3 is 2.39 bits per heavy atom. The van der Waals surface area contributed by atoms with Gasteiger partial charge in [0, 0.05) is 13.1 Å². The molecule has 5 nitrogen and oxygen atoms in total. The van der Waals surface area contributed by atoms with Crippen molar-refractivity contribution in [3.63, 3.8) is 0 Å². The van der Waals surface area contributed by atoms with Gasteiger partial charge in [0.15, 0.2) is 5.96 Å². The second-order valence-corrected chi connectivity index (χ2v) is 10.0. The summed E-state index contributed by atoms with van der Waals surface area (Å²) in [7, 11) is 1.80. The van der Waals surface area contributed by atoms with Crippen LogP contribution in [0.2, 0.25) is 0 Å². The van der Waals surface area contributed by atoms with Gasteiger partial charge in [0.25, 0.3) is 5.91 Å². The van der Waals surface area contributed by atoms with Crippen LogP contribution in [0.1, 0.15) is 89.9 Å². The van der Waals surface area contributed by atoms with Crippen LogP contribution in [0.5, 0.6) is 0 Å². The molecule has 158 valence electrons. The number of carbonyl (C=O) groups is 1. The number of nitrogens with two attached hydrogens (primary N) is 1. The summed E-state index contributed by atoms with van der Waals surface area (Å²) in [5, 5.41) is 0. The average molecular weight is 389 g/mol. The third-order valence-electron chi connectivity index (χ3n) is 8.10. The molecular weight excluding hydrogens is 348 g/mol. The largest absolute Gasteiger partial charge is 0.369 e. The Hall–Kier alpha value is -1.10. The average Bonchev–Trinajstić information content (AvgIpc) is 3.32. The van der Waals surface area contributed by atoms with E-state index >= 15 is 0 Å². The van der Waals surface area contributed by atoms with E-state index in [0.29, 0.717) is 11.9 Å². The van der Waals surface area contributed by atoms with E-state index in [-0.39, 0.29) is 5.91 Å². The van der Waals surface area contributed by atoms with Crippen LogP contribution in [0.3, 0.4) is 0 Å². The molecule has 2 N–H and O–H groups in total. The summed E-state index contributed by atoms with van der Waals surface area (Å²) in [6.45, 7) is 2.55. The number of hydrogen-bond donors (Lipinski definition) is 1. The van der Waals surface area contributed by atoms with Crippen molar-refractivity contribution in [1.29, 1.82) is 0 Å². The molecule has 0 spiro atoms. The number of likely N-dealkylation sites (tertiary alicyclic amines) is 1. The highest BCUT2D eigenvalue weighted by Gasteiger charge is 2.48. The molecule has 1 saturated heterocycles. The number of nitrogens with zero attached hydrogens (tertiary/aromatic N) is 3. The highest BCUT2D eigenvalue weighted by molar-refractivity contribution is 6.06. The van der Waals surface area contributed by atoms with Gasteiger partial charge in [-0.05, 0) is 69.9 Å². The van der Waals surface area contributed by atoms with Crippen molar-refractivity contribution in [3.8, 4) is 0 Å². The van der Waals surface area contributed by atoms with Gasteiger partial charge in [0.1, 0.15) is 5.54 Å². The Balaban J connectivity index is 1.43. The van der Waals surface area contributed by atoms with E-state index in [1.165, 1.54) is 83.7 Å². The smallest absolute Gasteiger partial charge is 0.257 e. The molecule has 1 amide bonds. The van der Waals surface area contributed by atoms with Gasteiger partial charge >= 0.3 is 0 Å². The van der Waals surface area contributed by atoms with Crippen molar-refractivity contribution in [2.75, 3.05) is 20.1 Å². The molecule has 0 aromatic rings. The van der Waals surface area contributed by atoms with E-state index < -0.39 is 5.54 Å². The first-order valence-corrected chi connectivity index (χ1v) is 11.9. The van der Waals surface area contributed by atoms with Crippen LogP contribution in [-0.4, -0.2) is 53.4 Å². The minimum atomic E-state index is -0.576. The second-order valence-electron chi connectivity index (χ2n) is 10.0. The minimum Gasteiger partial charge on any atom is -0.369 e. The van der Waals surface area contributed by atoms with E-state index in [1.54, 1.807) is 11.9 Å². The van der Waals surface area contributed by atoms with Crippen molar-refractivity contribution in [1.82, 2.24) is 9.80 Å². The van der Waals surface area contributed by atoms with Gasteiger partial charge in [-0.15, -0.1) is 0 Å². The Labute approximate surface area is 171 Å². The van der Waals surface area contributed by atoms with Crippen LogP contribution in [0.4, 0.5) is 0 Å². The zero-order valence-electron chi connectivity index (χ0n) is 17.9. The molecule has 4 aliphatic rings. The molecule has 2 heterocycles. The van der Waals surface area contributed by atoms with E-state index in [2.05, 4.69) is 4.90 Å². The molecule has 0 radical (unpaired) electrons. The topological polar surface area (TPSA) is 61.9 Å². The SMILES string of the molecule is CN1C(=O)[C@@](CCC2CCCCC2)(C[C@@H]2CCC[C@H](N3CCCC3)C2)N=C1N. The third-order valence-corrected chi connectivity index (χ3v) is 8.10. The number of aliphatic imine (C=N–C) groups is 1. The summed E-state index contributed by atoms with van der Waals surface area (Å²) in [5.74, 6) is 1.98. The maximum Gasteiger partial charge on any atom is 0.257 e. The normalized spacial score (nSPS) is 35.5. The zero-order valence-corrected chi connectivity index (χ0v) is 17.9. The maximum atomic E-state index is 13.2. The Bertz CT molecular complexity index is 579.